The average molecular weight is 344 g/mol. The number of anilines is 1. The first-order valence-electron chi connectivity index (χ1n) is 8.66. The van der Waals surface area contributed by atoms with E-state index in [1.54, 1.807) is 17.5 Å². The van der Waals surface area contributed by atoms with E-state index in [9.17, 15) is 4.79 Å². The van der Waals surface area contributed by atoms with Gasteiger partial charge in [-0.3, -0.25) is 4.79 Å². The maximum Gasteiger partial charge on any atom is 0.256 e. The quantitative estimate of drug-likeness (QED) is 0.829. The fourth-order valence-electron chi connectivity index (χ4n) is 3.24. The molecule has 2 aromatic heterocycles. The van der Waals surface area contributed by atoms with Crippen LogP contribution in [0.15, 0.2) is 29.9 Å². The fraction of sp³-hybridized carbons (Fsp3) is 0.500. The summed E-state index contributed by atoms with van der Waals surface area (Å²) in [6.07, 6.45) is 6.72. The number of rotatable bonds is 5. The second-order valence-corrected chi connectivity index (χ2v) is 6.88. The molecule has 3 rings (SSSR count). The Labute approximate surface area is 147 Å². The molecule has 128 valence electrons. The van der Waals surface area contributed by atoms with Gasteiger partial charge in [-0.25, -0.2) is 9.97 Å². The van der Waals surface area contributed by atoms with Crippen molar-refractivity contribution in [3.63, 3.8) is 0 Å². The first-order valence-corrected chi connectivity index (χ1v) is 9.54. The highest BCUT2D eigenvalue weighted by atomic mass is 32.1. The molecule has 1 amide bonds. The van der Waals surface area contributed by atoms with E-state index in [2.05, 4.69) is 28.7 Å². The van der Waals surface area contributed by atoms with Gasteiger partial charge in [-0.15, -0.1) is 11.3 Å². The predicted molar refractivity (Wildman–Crippen MR) is 97.5 cm³/mol. The van der Waals surface area contributed by atoms with E-state index in [1.165, 1.54) is 0 Å². The molecule has 1 atom stereocenters. The van der Waals surface area contributed by atoms with Gasteiger partial charge in [-0.1, -0.05) is 0 Å². The maximum atomic E-state index is 13.0. The normalized spacial score (nSPS) is 17.8. The summed E-state index contributed by atoms with van der Waals surface area (Å²) in [5.41, 5.74) is 0.661. The Morgan fingerprint density at radius 3 is 2.75 bits per heavy atom. The molecular formula is C18H24N4OS. The van der Waals surface area contributed by atoms with E-state index in [0.29, 0.717) is 5.56 Å². The zero-order valence-electron chi connectivity index (χ0n) is 14.3. The van der Waals surface area contributed by atoms with E-state index in [0.717, 1.165) is 49.7 Å². The number of carbonyl (C=O) groups excluding carboxylic acids is 1. The van der Waals surface area contributed by atoms with E-state index in [1.807, 2.05) is 28.6 Å². The van der Waals surface area contributed by atoms with Crippen LogP contribution in [0.5, 0.6) is 0 Å². The highest BCUT2D eigenvalue weighted by Gasteiger charge is 2.30. The van der Waals surface area contributed by atoms with Crippen LogP contribution in [0.1, 0.15) is 54.5 Å². The van der Waals surface area contributed by atoms with Crippen molar-refractivity contribution in [2.24, 2.45) is 0 Å². The Bertz CT molecular complexity index is 652. The van der Waals surface area contributed by atoms with Crippen molar-refractivity contribution in [2.45, 2.75) is 39.2 Å². The molecule has 0 radical (unpaired) electrons. The molecule has 1 aliphatic heterocycles. The van der Waals surface area contributed by atoms with Crippen LogP contribution in [-0.4, -0.2) is 40.4 Å². The molecule has 1 fully saturated rings. The molecule has 3 heterocycles. The molecular weight excluding hydrogens is 320 g/mol. The monoisotopic (exact) mass is 344 g/mol. The molecule has 0 bridgehead atoms. The summed E-state index contributed by atoms with van der Waals surface area (Å²) in [5, 5.41) is 3.02. The summed E-state index contributed by atoms with van der Waals surface area (Å²) in [6, 6.07) is 3.95. The van der Waals surface area contributed by atoms with Gasteiger partial charge in [0.15, 0.2) is 0 Å². The van der Waals surface area contributed by atoms with Gasteiger partial charge in [0, 0.05) is 37.4 Å². The fourth-order valence-corrected chi connectivity index (χ4v) is 4.03. The van der Waals surface area contributed by atoms with Crippen LogP contribution in [0, 0.1) is 0 Å². The van der Waals surface area contributed by atoms with Crippen LogP contribution in [0.3, 0.4) is 0 Å². The minimum absolute atomic E-state index is 0.0634. The Morgan fingerprint density at radius 1 is 1.29 bits per heavy atom. The number of hydrogen-bond donors (Lipinski definition) is 0. The first-order chi connectivity index (χ1) is 11.7. The van der Waals surface area contributed by atoms with Crippen LogP contribution in [-0.2, 0) is 0 Å². The standard InChI is InChI=1S/C18H24N4OS/c1-3-21(4-2)16-9-8-14(13-20-16)18(23)22-11-6-5-7-15(22)17-19-10-12-24-17/h8-10,12-13,15H,3-7,11H2,1-2H3. The molecule has 24 heavy (non-hydrogen) atoms. The lowest BCUT2D eigenvalue weighted by atomic mass is 10.0. The Balaban J connectivity index is 1.79. The third kappa shape index (κ3) is 3.43. The minimum Gasteiger partial charge on any atom is -0.357 e. The van der Waals surface area contributed by atoms with E-state index < -0.39 is 0 Å². The molecule has 1 aliphatic rings. The van der Waals surface area contributed by atoms with Crippen molar-refractivity contribution in [3.05, 3.63) is 40.5 Å². The molecule has 6 heteroatoms. The van der Waals surface area contributed by atoms with E-state index in [4.69, 9.17) is 0 Å². The smallest absolute Gasteiger partial charge is 0.256 e. The van der Waals surface area contributed by atoms with Crippen molar-refractivity contribution in [1.29, 1.82) is 0 Å². The highest BCUT2D eigenvalue weighted by molar-refractivity contribution is 7.09. The van der Waals surface area contributed by atoms with Crippen LogP contribution < -0.4 is 4.90 Å². The van der Waals surface area contributed by atoms with E-state index in [-0.39, 0.29) is 11.9 Å². The third-order valence-electron chi connectivity index (χ3n) is 4.58. The number of hydrogen-bond acceptors (Lipinski definition) is 5. The number of thiazole rings is 1. The lowest BCUT2D eigenvalue weighted by Crippen LogP contribution is -2.38. The van der Waals surface area contributed by atoms with E-state index >= 15 is 0 Å². The Morgan fingerprint density at radius 2 is 2.12 bits per heavy atom. The van der Waals surface area contributed by atoms with Crippen molar-refractivity contribution in [3.8, 4) is 0 Å². The summed E-state index contributed by atoms with van der Waals surface area (Å²) in [5.74, 6) is 0.986. The number of pyridine rings is 1. The van der Waals surface area contributed by atoms with Gasteiger partial charge >= 0.3 is 0 Å². The molecule has 1 unspecified atom stereocenters. The average Bonchev–Trinajstić information content (AvgIpc) is 3.17. The number of carbonyl (C=O) groups is 1. The summed E-state index contributed by atoms with van der Waals surface area (Å²) in [6.45, 7) is 6.83. The minimum atomic E-state index is 0.0634. The van der Waals surface area contributed by atoms with Crippen molar-refractivity contribution < 1.29 is 4.79 Å². The predicted octanol–water partition coefficient (Wildman–Crippen LogP) is 3.75. The maximum absolute atomic E-state index is 13.0. The summed E-state index contributed by atoms with van der Waals surface area (Å²) in [7, 11) is 0. The van der Waals surface area contributed by atoms with Gasteiger partial charge in [-0.05, 0) is 45.2 Å². The summed E-state index contributed by atoms with van der Waals surface area (Å²) < 4.78 is 0. The summed E-state index contributed by atoms with van der Waals surface area (Å²) in [4.78, 5) is 26.0. The molecule has 1 saturated heterocycles. The van der Waals surface area contributed by atoms with Gasteiger partial charge in [0.05, 0.1) is 11.6 Å². The number of amides is 1. The molecule has 5 nitrogen and oxygen atoms in total. The second kappa shape index (κ2) is 7.75. The van der Waals surface area contributed by atoms with Crippen molar-refractivity contribution >= 4 is 23.1 Å². The number of likely N-dealkylation sites (tertiary alicyclic amines) is 1. The lowest BCUT2D eigenvalue weighted by Gasteiger charge is -2.34. The number of nitrogens with zero attached hydrogens (tertiary/aromatic N) is 4. The zero-order valence-corrected chi connectivity index (χ0v) is 15.1. The molecule has 0 aromatic carbocycles. The third-order valence-corrected chi connectivity index (χ3v) is 5.46. The Hall–Kier alpha value is -1.95. The van der Waals surface area contributed by atoms with Crippen LogP contribution in [0.2, 0.25) is 0 Å². The molecule has 0 spiro atoms. The SMILES string of the molecule is CCN(CC)c1ccc(C(=O)N2CCCCC2c2nccs2)cn1. The van der Waals surface area contributed by atoms with Crippen LogP contribution in [0.4, 0.5) is 5.82 Å². The largest absolute Gasteiger partial charge is 0.357 e. The lowest BCUT2D eigenvalue weighted by molar-refractivity contribution is 0.0611. The number of aromatic nitrogens is 2. The Kier molecular flexibility index (Phi) is 5.45. The second-order valence-electron chi connectivity index (χ2n) is 5.96. The topological polar surface area (TPSA) is 49.3 Å². The van der Waals surface area contributed by atoms with Gasteiger partial charge in [-0.2, -0.15) is 0 Å². The van der Waals surface area contributed by atoms with Gasteiger partial charge < -0.3 is 9.80 Å². The molecule has 0 saturated carbocycles. The highest BCUT2D eigenvalue weighted by Crippen LogP contribution is 2.33. The molecule has 2 aromatic rings. The van der Waals surface area contributed by atoms with Gasteiger partial charge in [0.25, 0.3) is 5.91 Å². The van der Waals surface area contributed by atoms with Crippen LogP contribution in [0.25, 0.3) is 0 Å². The number of piperidine rings is 1. The van der Waals surface area contributed by atoms with Crippen molar-refractivity contribution in [2.75, 3.05) is 24.5 Å². The van der Waals surface area contributed by atoms with Gasteiger partial charge in [0.2, 0.25) is 0 Å². The summed E-state index contributed by atoms with van der Waals surface area (Å²) >= 11 is 1.63. The molecule has 0 N–H and O–H groups in total. The first kappa shape index (κ1) is 16.9. The van der Waals surface area contributed by atoms with Crippen LogP contribution >= 0.6 is 11.3 Å². The molecule has 0 aliphatic carbocycles. The zero-order chi connectivity index (χ0) is 16.9. The van der Waals surface area contributed by atoms with Gasteiger partial charge in [0.1, 0.15) is 10.8 Å². The van der Waals surface area contributed by atoms with Crippen molar-refractivity contribution in [1.82, 2.24) is 14.9 Å².